The molecule has 120 valence electrons. The van der Waals surface area contributed by atoms with Crippen LogP contribution in [0.15, 0.2) is 24.3 Å². The van der Waals surface area contributed by atoms with Crippen molar-refractivity contribution in [3.05, 3.63) is 29.8 Å². The van der Waals surface area contributed by atoms with Crippen molar-refractivity contribution in [2.45, 2.75) is 59.3 Å². The van der Waals surface area contributed by atoms with Crippen molar-refractivity contribution >= 4 is 0 Å². The summed E-state index contributed by atoms with van der Waals surface area (Å²) in [5.41, 5.74) is 1.18. The molecular formula is C18H31NO2. The number of methoxy groups -OCH3 is 1. The monoisotopic (exact) mass is 293 g/mol. The van der Waals surface area contributed by atoms with Gasteiger partial charge < -0.3 is 14.8 Å². The Kier molecular flexibility index (Phi) is 7.76. The van der Waals surface area contributed by atoms with E-state index < -0.39 is 0 Å². The largest absolute Gasteiger partial charge is 0.491 e. The first-order chi connectivity index (χ1) is 10.0. The van der Waals surface area contributed by atoms with Crippen molar-refractivity contribution in [1.82, 2.24) is 5.32 Å². The second kappa shape index (κ2) is 9.06. The van der Waals surface area contributed by atoms with E-state index in [2.05, 4.69) is 52.1 Å². The summed E-state index contributed by atoms with van der Waals surface area (Å²) in [6.45, 7) is 11.6. The van der Waals surface area contributed by atoms with Crippen LogP contribution in [-0.2, 0) is 4.74 Å². The molecule has 0 aromatic heterocycles. The van der Waals surface area contributed by atoms with E-state index in [-0.39, 0.29) is 18.2 Å². The summed E-state index contributed by atoms with van der Waals surface area (Å²) in [7, 11) is 1.79. The highest BCUT2D eigenvalue weighted by Gasteiger charge is 2.27. The molecule has 0 amide bonds. The summed E-state index contributed by atoms with van der Waals surface area (Å²) < 4.78 is 11.8. The smallest absolute Gasteiger partial charge is 0.124 e. The average Bonchev–Trinajstić information content (AvgIpc) is 2.43. The van der Waals surface area contributed by atoms with Crippen molar-refractivity contribution < 1.29 is 9.47 Å². The SMILES string of the molecule is CCCNC(c1ccccc1OC(C)C)C(OC)C(C)C. The van der Waals surface area contributed by atoms with Gasteiger partial charge in [-0.2, -0.15) is 0 Å². The molecule has 3 heteroatoms. The lowest BCUT2D eigenvalue weighted by Gasteiger charge is -2.31. The highest BCUT2D eigenvalue weighted by Crippen LogP contribution is 2.31. The molecule has 0 saturated heterocycles. The molecule has 1 aromatic rings. The third kappa shape index (κ3) is 5.33. The van der Waals surface area contributed by atoms with Gasteiger partial charge in [-0.15, -0.1) is 0 Å². The maximum Gasteiger partial charge on any atom is 0.124 e. The highest BCUT2D eigenvalue weighted by molar-refractivity contribution is 5.37. The molecular weight excluding hydrogens is 262 g/mol. The van der Waals surface area contributed by atoms with E-state index in [0.29, 0.717) is 5.92 Å². The van der Waals surface area contributed by atoms with Crippen molar-refractivity contribution in [3.63, 3.8) is 0 Å². The summed E-state index contributed by atoms with van der Waals surface area (Å²) in [5.74, 6) is 1.38. The summed E-state index contributed by atoms with van der Waals surface area (Å²) in [6.07, 6.45) is 1.38. The number of para-hydroxylation sites is 1. The molecule has 2 atom stereocenters. The Labute approximate surface area is 130 Å². The van der Waals surface area contributed by atoms with Crippen LogP contribution in [-0.4, -0.2) is 25.9 Å². The van der Waals surface area contributed by atoms with Gasteiger partial charge in [-0.25, -0.2) is 0 Å². The summed E-state index contributed by atoms with van der Waals surface area (Å²) in [4.78, 5) is 0. The van der Waals surface area contributed by atoms with Crippen LogP contribution >= 0.6 is 0 Å². The van der Waals surface area contributed by atoms with Crippen molar-refractivity contribution in [2.24, 2.45) is 5.92 Å². The molecule has 0 spiro atoms. The van der Waals surface area contributed by atoms with Gasteiger partial charge in [0.05, 0.1) is 18.2 Å². The Morgan fingerprint density at radius 1 is 1.10 bits per heavy atom. The molecule has 0 aliphatic carbocycles. The summed E-state index contributed by atoms with van der Waals surface area (Å²) in [6, 6.07) is 8.42. The van der Waals surface area contributed by atoms with Gasteiger partial charge in [0.15, 0.2) is 0 Å². The van der Waals surface area contributed by atoms with Gasteiger partial charge in [-0.3, -0.25) is 0 Å². The van der Waals surface area contributed by atoms with E-state index >= 15 is 0 Å². The van der Waals surface area contributed by atoms with E-state index in [1.54, 1.807) is 7.11 Å². The standard InChI is InChI=1S/C18H31NO2/c1-7-12-19-17(18(20-6)13(2)3)15-10-8-9-11-16(15)21-14(4)5/h8-11,13-14,17-19H,7,12H2,1-6H3. The van der Waals surface area contributed by atoms with Crippen molar-refractivity contribution in [2.75, 3.05) is 13.7 Å². The quantitative estimate of drug-likeness (QED) is 0.740. The van der Waals surface area contributed by atoms with Crippen LogP contribution in [0.2, 0.25) is 0 Å². The molecule has 1 rings (SSSR count). The Morgan fingerprint density at radius 2 is 1.76 bits per heavy atom. The molecule has 3 nitrogen and oxygen atoms in total. The Morgan fingerprint density at radius 3 is 2.29 bits per heavy atom. The molecule has 0 heterocycles. The molecule has 0 saturated carbocycles. The lowest BCUT2D eigenvalue weighted by atomic mass is 9.92. The average molecular weight is 293 g/mol. The van der Waals surface area contributed by atoms with Gasteiger partial charge in [0, 0.05) is 12.7 Å². The Balaban J connectivity index is 3.12. The third-order valence-electron chi connectivity index (χ3n) is 3.49. The van der Waals surface area contributed by atoms with Crippen LogP contribution in [0.3, 0.4) is 0 Å². The van der Waals surface area contributed by atoms with Crippen molar-refractivity contribution in [3.8, 4) is 5.75 Å². The predicted molar refractivity (Wildman–Crippen MR) is 88.9 cm³/mol. The number of benzene rings is 1. The van der Waals surface area contributed by atoms with Crippen LogP contribution in [0.25, 0.3) is 0 Å². The molecule has 0 fully saturated rings. The number of ether oxygens (including phenoxy) is 2. The zero-order chi connectivity index (χ0) is 15.8. The first kappa shape index (κ1) is 18.0. The Hall–Kier alpha value is -1.06. The minimum absolute atomic E-state index is 0.119. The van der Waals surface area contributed by atoms with E-state index in [1.807, 2.05) is 12.1 Å². The molecule has 2 unspecified atom stereocenters. The fourth-order valence-electron chi connectivity index (χ4n) is 2.59. The summed E-state index contributed by atoms with van der Waals surface area (Å²) in [5, 5.41) is 3.63. The maximum absolute atomic E-state index is 5.99. The minimum Gasteiger partial charge on any atom is -0.491 e. The number of rotatable bonds is 9. The highest BCUT2D eigenvalue weighted by atomic mass is 16.5. The fourth-order valence-corrected chi connectivity index (χ4v) is 2.59. The van der Waals surface area contributed by atoms with E-state index in [0.717, 1.165) is 18.7 Å². The first-order valence-corrected chi connectivity index (χ1v) is 8.03. The van der Waals surface area contributed by atoms with E-state index in [4.69, 9.17) is 9.47 Å². The van der Waals surface area contributed by atoms with Gasteiger partial charge in [-0.1, -0.05) is 39.0 Å². The molecule has 0 aliphatic heterocycles. The number of nitrogens with one attached hydrogen (secondary N) is 1. The number of hydrogen-bond donors (Lipinski definition) is 1. The summed E-state index contributed by atoms with van der Waals surface area (Å²) >= 11 is 0. The maximum atomic E-state index is 5.99. The van der Waals surface area contributed by atoms with E-state index in [9.17, 15) is 0 Å². The molecule has 1 aromatic carbocycles. The van der Waals surface area contributed by atoms with Gasteiger partial charge in [0.2, 0.25) is 0 Å². The third-order valence-corrected chi connectivity index (χ3v) is 3.49. The molecule has 1 N–H and O–H groups in total. The molecule has 0 bridgehead atoms. The van der Waals surface area contributed by atoms with Crippen molar-refractivity contribution in [1.29, 1.82) is 0 Å². The van der Waals surface area contributed by atoms with Gasteiger partial charge in [-0.05, 0) is 38.8 Å². The lowest BCUT2D eigenvalue weighted by Crippen LogP contribution is -2.37. The lowest BCUT2D eigenvalue weighted by molar-refractivity contribution is 0.0315. The van der Waals surface area contributed by atoms with Crippen LogP contribution in [0, 0.1) is 5.92 Å². The molecule has 21 heavy (non-hydrogen) atoms. The predicted octanol–water partition coefficient (Wildman–Crippen LogP) is 4.19. The zero-order valence-corrected chi connectivity index (χ0v) is 14.3. The second-order valence-electron chi connectivity index (χ2n) is 6.08. The van der Waals surface area contributed by atoms with Crippen LogP contribution in [0.1, 0.15) is 52.6 Å². The van der Waals surface area contributed by atoms with Gasteiger partial charge >= 0.3 is 0 Å². The molecule has 0 aliphatic rings. The first-order valence-electron chi connectivity index (χ1n) is 8.03. The minimum atomic E-state index is 0.119. The topological polar surface area (TPSA) is 30.5 Å². The Bertz CT molecular complexity index is 404. The van der Waals surface area contributed by atoms with Gasteiger partial charge in [0.1, 0.15) is 5.75 Å². The normalized spacial score (nSPS) is 14.5. The van der Waals surface area contributed by atoms with Gasteiger partial charge in [0.25, 0.3) is 0 Å². The fraction of sp³-hybridized carbons (Fsp3) is 0.667. The zero-order valence-electron chi connectivity index (χ0n) is 14.3. The second-order valence-corrected chi connectivity index (χ2v) is 6.08. The van der Waals surface area contributed by atoms with E-state index in [1.165, 1.54) is 5.56 Å². The number of hydrogen-bond acceptors (Lipinski definition) is 3. The van der Waals surface area contributed by atoms with Crippen LogP contribution < -0.4 is 10.1 Å². The molecule has 0 radical (unpaired) electrons. The van der Waals surface area contributed by atoms with Crippen LogP contribution in [0.5, 0.6) is 5.75 Å². The van der Waals surface area contributed by atoms with Crippen LogP contribution in [0.4, 0.5) is 0 Å².